The van der Waals surface area contributed by atoms with Gasteiger partial charge in [-0.3, -0.25) is 9.69 Å². The summed E-state index contributed by atoms with van der Waals surface area (Å²) >= 11 is 0. The molecular formula is C16H20N2O. The van der Waals surface area contributed by atoms with Crippen LogP contribution in [0.2, 0.25) is 0 Å². The van der Waals surface area contributed by atoms with Crippen molar-refractivity contribution < 1.29 is 4.79 Å². The molecule has 0 spiro atoms. The molecule has 1 aliphatic rings. The molecule has 2 heterocycles. The maximum absolute atomic E-state index is 12.1. The predicted octanol–water partition coefficient (Wildman–Crippen LogP) is 3.14. The van der Waals surface area contributed by atoms with Gasteiger partial charge in [-0.2, -0.15) is 0 Å². The van der Waals surface area contributed by atoms with Gasteiger partial charge in [0.05, 0.1) is 6.04 Å². The van der Waals surface area contributed by atoms with E-state index in [1.165, 1.54) is 11.1 Å². The van der Waals surface area contributed by atoms with Crippen LogP contribution in [0.25, 0.3) is 10.9 Å². The number of aromatic nitrogens is 1. The van der Waals surface area contributed by atoms with Crippen molar-refractivity contribution in [2.24, 2.45) is 5.92 Å². The number of fused-ring (bicyclic) bond motifs is 1. The molecule has 3 heteroatoms. The number of benzene rings is 1. The lowest BCUT2D eigenvalue weighted by Crippen LogP contribution is -2.41. The second kappa shape index (κ2) is 4.82. The van der Waals surface area contributed by atoms with Crippen LogP contribution in [0.4, 0.5) is 0 Å². The molecule has 1 N–H and O–H groups in total. The Morgan fingerprint density at radius 2 is 2.16 bits per heavy atom. The maximum atomic E-state index is 12.1. The second-order valence-corrected chi connectivity index (χ2v) is 5.47. The third-order valence-electron chi connectivity index (χ3n) is 4.29. The van der Waals surface area contributed by atoms with Gasteiger partial charge in [0.15, 0.2) is 0 Å². The molecule has 0 bridgehead atoms. The summed E-state index contributed by atoms with van der Waals surface area (Å²) in [5.41, 5.74) is 2.32. The molecule has 19 heavy (non-hydrogen) atoms. The zero-order valence-corrected chi connectivity index (χ0v) is 11.5. The summed E-state index contributed by atoms with van der Waals surface area (Å²) in [5.74, 6) is 0.524. The molecule has 1 fully saturated rings. The molecule has 0 radical (unpaired) electrons. The molecule has 1 aromatic carbocycles. The normalized spacial score (nSPS) is 25.1. The first-order valence-electron chi connectivity index (χ1n) is 7.01. The van der Waals surface area contributed by atoms with Crippen LogP contribution in [0, 0.1) is 5.92 Å². The Morgan fingerprint density at radius 1 is 1.37 bits per heavy atom. The third-order valence-corrected chi connectivity index (χ3v) is 4.29. The number of carbonyl (C=O) groups is 1. The Hall–Kier alpha value is -1.61. The molecule has 1 aromatic heterocycles. The minimum absolute atomic E-state index is 0.117. The number of para-hydroxylation sites is 1. The van der Waals surface area contributed by atoms with Gasteiger partial charge in [0.25, 0.3) is 0 Å². The fraction of sp³-hybridized carbons (Fsp3) is 0.438. The van der Waals surface area contributed by atoms with E-state index in [-0.39, 0.29) is 12.0 Å². The number of carbonyl (C=O) groups excluding carboxylic acids is 1. The van der Waals surface area contributed by atoms with Gasteiger partial charge >= 0.3 is 0 Å². The van der Waals surface area contributed by atoms with E-state index < -0.39 is 0 Å². The summed E-state index contributed by atoms with van der Waals surface area (Å²) in [7, 11) is 2.12. The van der Waals surface area contributed by atoms with Gasteiger partial charge in [-0.05, 0) is 31.0 Å². The molecule has 1 saturated heterocycles. The highest BCUT2D eigenvalue weighted by molar-refractivity contribution is 5.84. The summed E-state index contributed by atoms with van der Waals surface area (Å²) in [6.07, 6.45) is 1.59. The monoisotopic (exact) mass is 256 g/mol. The summed E-state index contributed by atoms with van der Waals surface area (Å²) in [5, 5.41) is 1.22. The molecule has 3 nitrogen and oxygen atoms in total. The Morgan fingerprint density at radius 3 is 2.89 bits per heavy atom. The number of nitrogens with one attached hydrogen (secondary N) is 1. The van der Waals surface area contributed by atoms with Crippen LogP contribution in [0.15, 0.2) is 30.3 Å². The Labute approximate surface area is 113 Å². The third kappa shape index (κ3) is 2.08. The average molecular weight is 256 g/mol. The van der Waals surface area contributed by atoms with Crippen molar-refractivity contribution in [1.29, 1.82) is 0 Å². The van der Waals surface area contributed by atoms with E-state index in [0.29, 0.717) is 12.2 Å². The molecule has 2 atom stereocenters. The number of rotatable bonds is 2. The fourth-order valence-corrected chi connectivity index (χ4v) is 3.25. The second-order valence-electron chi connectivity index (χ2n) is 5.47. The highest BCUT2D eigenvalue weighted by Gasteiger charge is 2.35. The van der Waals surface area contributed by atoms with E-state index in [1.807, 2.05) is 12.1 Å². The van der Waals surface area contributed by atoms with Gasteiger partial charge in [-0.15, -0.1) is 0 Å². The first-order valence-corrected chi connectivity index (χ1v) is 7.01. The number of H-pyrrole nitrogens is 1. The van der Waals surface area contributed by atoms with Crippen LogP contribution in [0.1, 0.15) is 31.5 Å². The molecule has 100 valence electrons. The highest BCUT2D eigenvalue weighted by atomic mass is 16.1. The van der Waals surface area contributed by atoms with Gasteiger partial charge in [0.1, 0.15) is 5.78 Å². The number of hydrogen-bond donors (Lipinski definition) is 1. The summed E-state index contributed by atoms with van der Waals surface area (Å²) in [4.78, 5) is 17.9. The minimum Gasteiger partial charge on any atom is -0.357 e. The number of likely N-dealkylation sites (tertiary alicyclic amines) is 1. The molecule has 2 aromatic rings. The summed E-state index contributed by atoms with van der Waals surface area (Å²) in [6.45, 7) is 2.97. The molecule has 0 saturated carbocycles. The van der Waals surface area contributed by atoms with Crippen molar-refractivity contribution in [2.45, 2.75) is 25.8 Å². The zero-order chi connectivity index (χ0) is 13.4. The number of Topliss-reactive ketones (excluding diaryl/α,β-unsaturated/α-hetero) is 1. The lowest BCUT2D eigenvalue weighted by Gasteiger charge is -2.37. The largest absolute Gasteiger partial charge is 0.357 e. The first-order chi connectivity index (χ1) is 9.20. The number of ketones is 1. The van der Waals surface area contributed by atoms with Crippen molar-refractivity contribution >= 4 is 16.7 Å². The molecule has 2 unspecified atom stereocenters. The number of hydrogen-bond acceptors (Lipinski definition) is 2. The number of nitrogens with zero attached hydrogens (tertiary/aromatic N) is 1. The Bertz CT molecular complexity index is 569. The summed E-state index contributed by atoms with van der Waals surface area (Å²) in [6, 6.07) is 10.7. The topological polar surface area (TPSA) is 36.1 Å². The Balaban J connectivity index is 2.04. The number of aromatic amines is 1. The quantitative estimate of drug-likeness (QED) is 0.896. The molecular weight excluding hydrogens is 236 g/mol. The van der Waals surface area contributed by atoms with Crippen LogP contribution < -0.4 is 0 Å². The van der Waals surface area contributed by atoms with Gasteiger partial charge in [0.2, 0.25) is 0 Å². The fourth-order valence-electron chi connectivity index (χ4n) is 3.25. The lowest BCUT2D eigenvalue weighted by atomic mass is 9.84. The van der Waals surface area contributed by atoms with Crippen LogP contribution in [-0.2, 0) is 4.79 Å². The zero-order valence-electron chi connectivity index (χ0n) is 11.5. The van der Waals surface area contributed by atoms with E-state index >= 15 is 0 Å². The Kier molecular flexibility index (Phi) is 3.15. The molecule has 3 rings (SSSR count). The van der Waals surface area contributed by atoms with Gasteiger partial charge in [-0.25, -0.2) is 0 Å². The minimum atomic E-state index is 0.117. The van der Waals surface area contributed by atoms with Crippen molar-refractivity contribution in [2.75, 3.05) is 13.6 Å². The van der Waals surface area contributed by atoms with Gasteiger partial charge in [-0.1, -0.05) is 25.1 Å². The van der Waals surface area contributed by atoms with Crippen LogP contribution in [0.3, 0.4) is 0 Å². The van der Waals surface area contributed by atoms with Crippen molar-refractivity contribution in [3.05, 3.63) is 36.0 Å². The standard InChI is InChI=1S/C16H20N2O/c1-3-12-15(19)8-9-18(2)16(12)14-10-11-6-4-5-7-13(11)17-14/h4-7,10,12,16-17H,3,8-9H2,1-2H3. The first kappa shape index (κ1) is 12.4. The van der Waals surface area contributed by atoms with Gasteiger partial charge in [0, 0.05) is 30.1 Å². The van der Waals surface area contributed by atoms with E-state index in [1.54, 1.807) is 0 Å². The van der Waals surface area contributed by atoms with E-state index in [2.05, 4.69) is 42.1 Å². The lowest BCUT2D eigenvalue weighted by molar-refractivity contribution is -0.128. The van der Waals surface area contributed by atoms with Crippen LogP contribution >= 0.6 is 0 Å². The predicted molar refractivity (Wildman–Crippen MR) is 77.1 cm³/mol. The van der Waals surface area contributed by atoms with E-state index in [9.17, 15) is 4.79 Å². The van der Waals surface area contributed by atoms with E-state index in [4.69, 9.17) is 0 Å². The van der Waals surface area contributed by atoms with E-state index in [0.717, 1.165) is 18.5 Å². The SMILES string of the molecule is CCC1C(=O)CCN(C)C1c1cc2ccccc2[nH]1. The molecule has 1 aliphatic heterocycles. The van der Waals surface area contributed by atoms with Crippen molar-refractivity contribution in [1.82, 2.24) is 9.88 Å². The van der Waals surface area contributed by atoms with Crippen molar-refractivity contribution in [3.8, 4) is 0 Å². The molecule has 0 aliphatic carbocycles. The maximum Gasteiger partial charge on any atom is 0.139 e. The number of piperidine rings is 1. The van der Waals surface area contributed by atoms with Crippen molar-refractivity contribution in [3.63, 3.8) is 0 Å². The highest BCUT2D eigenvalue weighted by Crippen LogP contribution is 2.35. The summed E-state index contributed by atoms with van der Waals surface area (Å²) < 4.78 is 0. The smallest absolute Gasteiger partial charge is 0.139 e. The van der Waals surface area contributed by atoms with Crippen LogP contribution in [-0.4, -0.2) is 29.3 Å². The van der Waals surface area contributed by atoms with Gasteiger partial charge < -0.3 is 4.98 Å². The average Bonchev–Trinajstić information content (AvgIpc) is 2.84. The molecule has 0 amide bonds. The van der Waals surface area contributed by atoms with Crippen LogP contribution in [0.5, 0.6) is 0 Å².